The molecule has 0 radical (unpaired) electrons. The van der Waals surface area contributed by atoms with Crippen molar-refractivity contribution in [1.82, 2.24) is 15.3 Å². The summed E-state index contributed by atoms with van der Waals surface area (Å²) in [4.78, 5) is 22.4. The third-order valence-electron chi connectivity index (χ3n) is 9.36. The second-order valence-corrected chi connectivity index (χ2v) is 11.3. The van der Waals surface area contributed by atoms with Crippen LogP contribution in [0.3, 0.4) is 0 Å². The van der Waals surface area contributed by atoms with Crippen LogP contribution in [0.4, 0.5) is 11.8 Å². The summed E-state index contributed by atoms with van der Waals surface area (Å²) in [6.45, 7) is 3.22. The fourth-order valence-corrected chi connectivity index (χ4v) is 7.84. The summed E-state index contributed by atoms with van der Waals surface area (Å²) in [5.41, 5.74) is 6.13. The average Bonchev–Trinajstić information content (AvgIpc) is 3.17. The quantitative estimate of drug-likeness (QED) is 0.639. The highest BCUT2D eigenvalue weighted by molar-refractivity contribution is 5.74. The fourth-order valence-electron chi connectivity index (χ4n) is 7.84. The van der Waals surface area contributed by atoms with E-state index in [0.29, 0.717) is 18.2 Å². The number of nitrogen functional groups attached to an aromatic ring is 1. The lowest BCUT2D eigenvalue weighted by atomic mass is 9.52. The lowest BCUT2D eigenvalue weighted by Gasteiger charge is -2.54. The summed E-state index contributed by atoms with van der Waals surface area (Å²) in [5, 5.41) is 12.5. The minimum atomic E-state index is -0.742. The first-order valence-electron chi connectivity index (χ1n) is 12.4. The second-order valence-electron chi connectivity index (χ2n) is 11.3. The lowest BCUT2D eigenvalue weighted by Crippen LogP contribution is -2.47. The van der Waals surface area contributed by atoms with E-state index in [-0.39, 0.29) is 11.4 Å². The van der Waals surface area contributed by atoms with E-state index in [9.17, 15) is 9.90 Å². The Labute approximate surface area is 189 Å². The van der Waals surface area contributed by atoms with Crippen molar-refractivity contribution in [1.29, 1.82) is 0 Å². The van der Waals surface area contributed by atoms with Crippen molar-refractivity contribution in [2.45, 2.75) is 57.4 Å². The molecule has 4 aliphatic carbocycles. The smallest absolute Gasteiger partial charge is 0.320 e. The molecule has 32 heavy (non-hydrogen) atoms. The molecule has 1 atom stereocenters. The van der Waals surface area contributed by atoms with Gasteiger partial charge in [-0.25, -0.2) is 0 Å². The van der Waals surface area contributed by atoms with Gasteiger partial charge in [0.25, 0.3) is 0 Å². The monoisotopic (exact) mass is 441 g/mol. The Kier molecular flexibility index (Phi) is 4.97. The maximum atomic E-state index is 11.3. The molecule has 4 bridgehead atoms. The Morgan fingerprint density at radius 2 is 1.84 bits per heavy atom. The topological polar surface area (TPSA) is 114 Å². The first-order valence-corrected chi connectivity index (χ1v) is 12.4. The van der Waals surface area contributed by atoms with Crippen molar-refractivity contribution in [3.63, 3.8) is 0 Å². The predicted octanol–water partition coefficient (Wildman–Crippen LogP) is 2.54. The van der Waals surface area contributed by atoms with Crippen molar-refractivity contribution in [2.24, 2.45) is 35.0 Å². The Morgan fingerprint density at radius 1 is 1.16 bits per heavy atom. The number of aliphatic carboxylic acids is 1. The number of carbonyl (C=O) groups is 1. The van der Waals surface area contributed by atoms with Crippen molar-refractivity contribution >= 4 is 17.7 Å². The molecule has 1 aromatic rings. The van der Waals surface area contributed by atoms with Crippen LogP contribution in [0.1, 0.15) is 51.4 Å². The molecule has 0 aromatic carbocycles. The lowest BCUT2D eigenvalue weighted by molar-refractivity contribution is -0.139. The van der Waals surface area contributed by atoms with E-state index in [1.165, 1.54) is 32.1 Å². The molecule has 6 aliphatic rings. The van der Waals surface area contributed by atoms with E-state index in [4.69, 9.17) is 10.5 Å². The number of anilines is 2. The molecule has 7 rings (SSSR count). The van der Waals surface area contributed by atoms with Crippen LogP contribution in [0.5, 0.6) is 5.88 Å². The van der Waals surface area contributed by atoms with Crippen LogP contribution in [0.15, 0.2) is 6.07 Å². The van der Waals surface area contributed by atoms with Gasteiger partial charge in [-0.3, -0.25) is 4.79 Å². The first-order chi connectivity index (χ1) is 15.5. The van der Waals surface area contributed by atoms with Crippen molar-refractivity contribution < 1.29 is 14.6 Å². The molecule has 0 amide bonds. The molecule has 1 aromatic heterocycles. The van der Waals surface area contributed by atoms with E-state index in [2.05, 4.69) is 20.2 Å². The summed E-state index contributed by atoms with van der Waals surface area (Å²) in [6, 6.07) is 1.53. The van der Waals surface area contributed by atoms with E-state index in [1.807, 2.05) is 6.07 Å². The number of carboxylic acids is 1. The number of nitrogens with one attached hydrogen (secondary N) is 1. The number of carboxylic acid groups (broad SMARTS) is 1. The molecule has 0 unspecified atom stereocenters. The summed E-state index contributed by atoms with van der Waals surface area (Å²) in [6.07, 6.45) is 9.67. The van der Waals surface area contributed by atoms with Crippen LogP contribution in [-0.2, 0) is 4.79 Å². The number of rotatable bonds is 5. The van der Waals surface area contributed by atoms with Gasteiger partial charge >= 0.3 is 5.97 Å². The number of hydrogen-bond acceptors (Lipinski definition) is 7. The van der Waals surface area contributed by atoms with Crippen LogP contribution < -0.4 is 20.7 Å². The van der Waals surface area contributed by atoms with Gasteiger partial charge in [-0.1, -0.05) is 0 Å². The summed E-state index contributed by atoms with van der Waals surface area (Å²) >= 11 is 0. The Hall–Kier alpha value is -2.09. The predicted molar refractivity (Wildman–Crippen MR) is 120 cm³/mol. The Morgan fingerprint density at radius 3 is 2.47 bits per heavy atom. The maximum absolute atomic E-state index is 11.3. The van der Waals surface area contributed by atoms with Crippen molar-refractivity contribution in [3.05, 3.63) is 6.07 Å². The molecule has 2 aliphatic heterocycles. The molecule has 4 saturated carbocycles. The molecule has 174 valence electrons. The minimum absolute atomic E-state index is 0.0803. The third kappa shape index (κ3) is 3.70. The van der Waals surface area contributed by atoms with Gasteiger partial charge in [0.15, 0.2) is 0 Å². The number of hydrogen-bond donors (Lipinski definition) is 3. The highest BCUT2D eigenvalue weighted by Gasteiger charge is 2.48. The SMILES string of the molecule is Nc1nc(OCC2C3CC4CC(C3)CC2C4)cc(N2CCC3(CC2)CN[C@H](C(=O)O)C3)n1. The zero-order valence-corrected chi connectivity index (χ0v) is 18.7. The molecule has 1 spiro atoms. The first kappa shape index (κ1) is 20.5. The number of nitrogens with zero attached hydrogens (tertiary/aromatic N) is 3. The minimum Gasteiger partial charge on any atom is -0.480 e. The molecule has 3 heterocycles. The standard InChI is InChI=1S/C24H35N5O3/c25-23-27-20(29-3-1-24(2-4-29)11-19(22(30)31)26-13-24)10-21(28-23)32-12-18-16-6-14-5-15(8-16)9-17(18)7-14/h10,14-19,26H,1-9,11-13H2,(H,30,31)(H2,25,27,28)/t14?,15?,16?,17?,18?,19-/m0/s1. The highest BCUT2D eigenvalue weighted by atomic mass is 16.5. The van der Waals surface area contributed by atoms with E-state index < -0.39 is 12.0 Å². The molecule has 6 fully saturated rings. The Bertz CT molecular complexity index is 856. The van der Waals surface area contributed by atoms with Gasteiger partial charge in [-0.15, -0.1) is 0 Å². The summed E-state index contributed by atoms with van der Waals surface area (Å²) < 4.78 is 6.24. The van der Waals surface area contributed by atoms with Crippen molar-refractivity contribution in [3.8, 4) is 5.88 Å². The van der Waals surface area contributed by atoms with E-state index in [1.54, 1.807) is 0 Å². The van der Waals surface area contributed by atoms with Crippen LogP contribution >= 0.6 is 0 Å². The van der Waals surface area contributed by atoms with Crippen molar-refractivity contribution in [2.75, 3.05) is 36.9 Å². The summed E-state index contributed by atoms with van der Waals surface area (Å²) in [7, 11) is 0. The normalized spacial score (nSPS) is 37.2. The molecular formula is C24H35N5O3. The maximum Gasteiger partial charge on any atom is 0.320 e. The van der Waals surface area contributed by atoms with E-state index in [0.717, 1.165) is 68.6 Å². The van der Waals surface area contributed by atoms with Crippen LogP contribution in [0, 0.1) is 35.0 Å². The second kappa shape index (κ2) is 7.75. The average molecular weight is 442 g/mol. The largest absolute Gasteiger partial charge is 0.480 e. The Balaban J connectivity index is 1.09. The van der Waals surface area contributed by atoms with Gasteiger partial charge < -0.3 is 25.8 Å². The van der Waals surface area contributed by atoms with Gasteiger partial charge in [-0.2, -0.15) is 9.97 Å². The van der Waals surface area contributed by atoms with Gasteiger partial charge in [0, 0.05) is 25.7 Å². The molecule has 8 nitrogen and oxygen atoms in total. The van der Waals surface area contributed by atoms with Crippen LogP contribution in [-0.4, -0.2) is 53.3 Å². The van der Waals surface area contributed by atoms with Gasteiger partial charge in [0.2, 0.25) is 11.8 Å². The molecule has 4 N–H and O–H groups in total. The van der Waals surface area contributed by atoms with Crippen LogP contribution in [0.25, 0.3) is 0 Å². The van der Waals surface area contributed by atoms with Gasteiger partial charge in [0.1, 0.15) is 11.9 Å². The number of ether oxygens (including phenoxy) is 1. The molecule has 8 heteroatoms. The molecule has 2 saturated heterocycles. The van der Waals surface area contributed by atoms with Gasteiger partial charge in [0.05, 0.1) is 6.61 Å². The fraction of sp³-hybridized carbons (Fsp3) is 0.792. The van der Waals surface area contributed by atoms with Crippen LogP contribution in [0.2, 0.25) is 0 Å². The molecular weight excluding hydrogens is 406 g/mol. The van der Waals surface area contributed by atoms with Gasteiger partial charge in [-0.05, 0) is 86.4 Å². The zero-order chi connectivity index (χ0) is 21.9. The summed E-state index contributed by atoms with van der Waals surface area (Å²) in [5.74, 6) is 5.20. The van der Waals surface area contributed by atoms with E-state index >= 15 is 0 Å². The number of nitrogens with two attached hydrogens (primary N) is 1. The number of aromatic nitrogens is 2. The third-order valence-corrected chi connectivity index (χ3v) is 9.36. The highest BCUT2D eigenvalue weighted by Crippen LogP contribution is 2.56. The number of piperidine rings is 1. The zero-order valence-electron chi connectivity index (χ0n) is 18.7.